The van der Waals surface area contributed by atoms with Gasteiger partial charge < -0.3 is 0 Å². The normalized spacial score (nSPS) is 25.1. The van der Waals surface area contributed by atoms with E-state index in [4.69, 9.17) is 0 Å². The molecule has 0 amide bonds. The van der Waals surface area contributed by atoms with Crippen LogP contribution in [0, 0.1) is 5.92 Å². The highest BCUT2D eigenvalue weighted by molar-refractivity contribution is 8.04. The van der Waals surface area contributed by atoms with Gasteiger partial charge in [-0.05, 0) is 43.1 Å². The van der Waals surface area contributed by atoms with Crippen LogP contribution >= 0.6 is 72.3 Å². The van der Waals surface area contributed by atoms with Gasteiger partial charge in [0.15, 0.2) is 0 Å². The van der Waals surface area contributed by atoms with E-state index in [1.165, 1.54) is 60.2 Å². The fraction of sp³-hybridized carbons (Fsp3) is 1.00. The number of rotatable bonds is 13. The minimum Gasteiger partial charge on any atom is -0.179 e. The zero-order valence-electron chi connectivity index (χ0n) is 15.6. The third-order valence-electron chi connectivity index (χ3n) is 4.88. The first-order valence-corrected chi connectivity index (χ1v) is 14.6. The van der Waals surface area contributed by atoms with E-state index in [1.54, 1.807) is 0 Å². The second kappa shape index (κ2) is 13.3. The summed E-state index contributed by atoms with van der Waals surface area (Å²) in [4.78, 5) is 0. The minimum absolute atomic E-state index is 0.440. The maximum Gasteiger partial charge on any atom is 0.0132 e. The number of thioether (sulfide) groups is 4. The maximum atomic E-state index is 4.29. The van der Waals surface area contributed by atoms with Gasteiger partial charge in [-0.2, -0.15) is 72.3 Å². The molecule has 6 heteroatoms. The SMILES string of the molecule is CC1(SCCSCCS)CCC(C(C)(C)SCCSCCS)CC1. The first-order chi connectivity index (χ1) is 11.4. The van der Waals surface area contributed by atoms with E-state index < -0.39 is 0 Å². The van der Waals surface area contributed by atoms with Crippen molar-refractivity contribution in [2.24, 2.45) is 5.92 Å². The molecule has 0 heterocycles. The Kier molecular flexibility index (Phi) is 13.4. The van der Waals surface area contributed by atoms with Crippen molar-refractivity contribution < 1.29 is 0 Å². The highest BCUT2D eigenvalue weighted by atomic mass is 32.2. The summed E-state index contributed by atoms with van der Waals surface area (Å²) < 4.78 is 0.969. The molecule has 0 nitrogen and oxygen atoms in total. The summed E-state index contributed by atoms with van der Waals surface area (Å²) in [7, 11) is 0. The van der Waals surface area contributed by atoms with Gasteiger partial charge in [-0.1, -0.05) is 20.8 Å². The van der Waals surface area contributed by atoms with Crippen LogP contribution in [0.5, 0.6) is 0 Å². The lowest BCUT2D eigenvalue weighted by Crippen LogP contribution is -2.36. The molecule has 0 bridgehead atoms. The zero-order chi connectivity index (χ0) is 17.9. The van der Waals surface area contributed by atoms with Crippen LogP contribution in [0.15, 0.2) is 0 Å². The highest BCUT2D eigenvalue weighted by Crippen LogP contribution is 2.48. The van der Waals surface area contributed by atoms with Crippen molar-refractivity contribution in [3.8, 4) is 0 Å². The molecule has 0 radical (unpaired) electrons. The fourth-order valence-electron chi connectivity index (χ4n) is 3.23. The summed E-state index contributed by atoms with van der Waals surface area (Å²) in [6, 6.07) is 0. The molecule has 24 heavy (non-hydrogen) atoms. The molecule has 0 N–H and O–H groups in total. The lowest BCUT2D eigenvalue weighted by atomic mass is 9.76. The van der Waals surface area contributed by atoms with Crippen molar-refractivity contribution in [2.75, 3.05) is 46.0 Å². The van der Waals surface area contributed by atoms with E-state index in [9.17, 15) is 0 Å². The zero-order valence-corrected chi connectivity index (χ0v) is 20.6. The molecule has 1 aliphatic carbocycles. The molecule has 144 valence electrons. The average molecular weight is 445 g/mol. The number of hydrogen-bond donors (Lipinski definition) is 2. The van der Waals surface area contributed by atoms with Gasteiger partial charge in [0, 0.05) is 44.0 Å². The van der Waals surface area contributed by atoms with Crippen molar-refractivity contribution in [3.05, 3.63) is 0 Å². The predicted molar refractivity (Wildman–Crippen MR) is 132 cm³/mol. The van der Waals surface area contributed by atoms with Gasteiger partial charge in [0.2, 0.25) is 0 Å². The molecule has 0 aliphatic heterocycles. The summed E-state index contributed by atoms with van der Waals surface area (Å²) in [6.45, 7) is 7.47. The second-order valence-electron chi connectivity index (χ2n) is 7.20. The standard InChI is InChI=1S/C18H36S6/c1-17(2,23-14-12-21-10-8-19)16-4-6-18(3,7-5-16)24-15-13-22-11-9-20/h16,19-20H,4-15H2,1-3H3. The first-order valence-electron chi connectivity index (χ1n) is 9.09. The smallest absolute Gasteiger partial charge is 0.0132 e. The Labute approximate surface area is 179 Å². The van der Waals surface area contributed by atoms with Crippen LogP contribution in [0.2, 0.25) is 0 Å². The lowest BCUT2D eigenvalue weighted by Gasteiger charge is -2.43. The minimum atomic E-state index is 0.440. The van der Waals surface area contributed by atoms with Gasteiger partial charge in [0.25, 0.3) is 0 Å². The molecular formula is C18H36S6. The summed E-state index contributed by atoms with van der Waals surface area (Å²) in [5, 5.41) is 0. The Bertz CT molecular complexity index is 313. The topological polar surface area (TPSA) is 0 Å². The van der Waals surface area contributed by atoms with E-state index in [1.807, 2.05) is 11.8 Å². The summed E-state index contributed by atoms with van der Waals surface area (Å²) in [6.07, 6.45) is 5.63. The largest absolute Gasteiger partial charge is 0.179 e. The van der Waals surface area contributed by atoms with Crippen LogP contribution < -0.4 is 0 Å². The van der Waals surface area contributed by atoms with Crippen LogP contribution in [-0.2, 0) is 0 Å². The van der Waals surface area contributed by atoms with Gasteiger partial charge in [0.05, 0.1) is 0 Å². The van der Waals surface area contributed by atoms with Gasteiger partial charge in [-0.25, -0.2) is 0 Å². The van der Waals surface area contributed by atoms with Crippen LogP contribution in [-0.4, -0.2) is 55.5 Å². The summed E-state index contributed by atoms with van der Waals surface area (Å²) >= 11 is 17.1. The maximum absolute atomic E-state index is 4.29. The third-order valence-corrected chi connectivity index (χ3v) is 11.4. The molecule has 0 aromatic carbocycles. The van der Waals surface area contributed by atoms with E-state index >= 15 is 0 Å². The van der Waals surface area contributed by atoms with Crippen molar-refractivity contribution in [2.45, 2.75) is 55.9 Å². The highest BCUT2D eigenvalue weighted by Gasteiger charge is 2.38. The fourth-order valence-corrected chi connectivity index (χ4v) is 8.29. The molecule has 1 rings (SSSR count). The molecule has 0 unspecified atom stereocenters. The Hall–Kier alpha value is 2.10. The van der Waals surface area contributed by atoms with Crippen LogP contribution in [0.1, 0.15) is 46.5 Å². The quantitative estimate of drug-likeness (QED) is 0.245. The second-order valence-corrected chi connectivity index (χ2v) is 14.0. The average Bonchev–Trinajstić information content (AvgIpc) is 2.55. The van der Waals surface area contributed by atoms with E-state index in [-0.39, 0.29) is 0 Å². The van der Waals surface area contributed by atoms with Crippen molar-refractivity contribution in [3.63, 3.8) is 0 Å². The molecule has 1 fully saturated rings. The van der Waals surface area contributed by atoms with Crippen LogP contribution in [0.3, 0.4) is 0 Å². The number of thiol groups is 2. The molecule has 0 aromatic rings. The molecule has 1 aliphatic rings. The van der Waals surface area contributed by atoms with E-state index in [2.05, 4.69) is 81.3 Å². The van der Waals surface area contributed by atoms with Gasteiger partial charge in [-0.3, -0.25) is 0 Å². The Balaban J connectivity index is 2.24. The molecule has 0 aromatic heterocycles. The molecular weight excluding hydrogens is 409 g/mol. The predicted octanol–water partition coefficient (Wildman–Crippen LogP) is 6.51. The van der Waals surface area contributed by atoms with Gasteiger partial charge in [0.1, 0.15) is 0 Å². The third kappa shape index (κ3) is 9.87. The van der Waals surface area contributed by atoms with Gasteiger partial charge >= 0.3 is 0 Å². The van der Waals surface area contributed by atoms with Gasteiger partial charge in [-0.15, -0.1) is 0 Å². The Morgan fingerprint density at radius 3 is 1.96 bits per heavy atom. The summed E-state index contributed by atoms with van der Waals surface area (Å²) in [5.41, 5.74) is 0. The molecule has 1 saturated carbocycles. The van der Waals surface area contributed by atoms with Crippen LogP contribution in [0.4, 0.5) is 0 Å². The molecule has 0 spiro atoms. The monoisotopic (exact) mass is 444 g/mol. The van der Waals surface area contributed by atoms with Crippen molar-refractivity contribution in [1.82, 2.24) is 0 Å². The Morgan fingerprint density at radius 1 is 0.875 bits per heavy atom. The Morgan fingerprint density at radius 2 is 1.42 bits per heavy atom. The lowest BCUT2D eigenvalue weighted by molar-refractivity contribution is 0.272. The molecule has 0 saturated heterocycles. The van der Waals surface area contributed by atoms with Crippen LogP contribution in [0.25, 0.3) is 0 Å². The van der Waals surface area contributed by atoms with E-state index in [0.717, 1.165) is 17.4 Å². The van der Waals surface area contributed by atoms with E-state index in [0.29, 0.717) is 9.49 Å². The molecule has 0 atom stereocenters. The summed E-state index contributed by atoms with van der Waals surface area (Å²) in [5.74, 6) is 10.4. The first kappa shape index (κ1) is 24.1. The van der Waals surface area contributed by atoms with Crippen molar-refractivity contribution in [1.29, 1.82) is 0 Å². The number of hydrogen-bond acceptors (Lipinski definition) is 6. The van der Waals surface area contributed by atoms with Crippen molar-refractivity contribution >= 4 is 72.3 Å².